The van der Waals surface area contributed by atoms with Crippen molar-refractivity contribution < 1.29 is 18.6 Å². The summed E-state index contributed by atoms with van der Waals surface area (Å²) in [5, 5.41) is 19.3. The molecule has 1 rings (SSSR count). The first kappa shape index (κ1) is 14.4. The monoisotopic (exact) mass is 256 g/mol. The van der Waals surface area contributed by atoms with E-state index in [1.165, 1.54) is 0 Å². The number of aliphatic hydroxyl groups is 1. The number of nitrogens with zero attached hydrogens (tertiary/aromatic N) is 1. The molecule has 0 aliphatic rings. The third-order valence-electron chi connectivity index (χ3n) is 2.17. The minimum atomic E-state index is -3.10. The molecule has 0 radical (unpaired) electrons. The highest BCUT2D eigenvalue weighted by Crippen LogP contribution is 2.13. The standard InChI is InChI=1S/C12H14F2N2O2/c13-12(14,9-17)8-16-7-10-1-3-11(4-2-10)18-6-5-15/h1-4,16-17H,6-9H2. The van der Waals surface area contributed by atoms with E-state index in [4.69, 9.17) is 15.1 Å². The normalized spacial score (nSPS) is 11.0. The van der Waals surface area contributed by atoms with Gasteiger partial charge in [-0.3, -0.25) is 0 Å². The summed E-state index contributed by atoms with van der Waals surface area (Å²) < 4.78 is 30.4. The second-order valence-electron chi connectivity index (χ2n) is 3.71. The predicted molar refractivity (Wildman–Crippen MR) is 61.3 cm³/mol. The molecule has 0 saturated carbocycles. The Hall–Kier alpha value is -1.71. The highest BCUT2D eigenvalue weighted by Gasteiger charge is 2.26. The molecule has 0 amide bonds. The van der Waals surface area contributed by atoms with Gasteiger partial charge in [-0.1, -0.05) is 12.1 Å². The quantitative estimate of drug-likeness (QED) is 0.772. The lowest BCUT2D eigenvalue weighted by Crippen LogP contribution is -2.35. The van der Waals surface area contributed by atoms with E-state index < -0.39 is 19.1 Å². The second kappa shape index (κ2) is 6.89. The summed E-state index contributed by atoms with van der Waals surface area (Å²) in [6.07, 6.45) is 0. The van der Waals surface area contributed by atoms with Gasteiger partial charge in [-0.15, -0.1) is 0 Å². The fourth-order valence-electron chi connectivity index (χ4n) is 1.26. The number of nitriles is 1. The van der Waals surface area contributed by atoms with Gasteiger partial charge in [0, 0.05) is 6.54 Å². The molecule has 2 N–H and O–H groups in total. The zero-order valence-corrected chi connectivity index (χ0v) is 9.70. The van der Waals surface area contributed by atoms with Crippen molar-refractivity contribution in [2.24, 2.45) is 0 Å². The number of nitrogens with one attached hydrogen (secondary N) is 1. The number of aliphatic hydroxyl groups excluding tert-OH is 1. The van der Waals surface area contributed by atoms with E-state index in [0.29, 0.717) is 5.75 Å². The van der Waals surface area contributed by atoms with Crippen LogP contribution in [-0.2, 0) is 6.54 Å². The lowest BCUT2D eigenvalue weighted by molar-refractivity contribution is -0.0477. The van der Waals surface area contributed by atoms with Crippen LogP contribution in [0, 0.1) is 11.3 Å². The van der Waals surface area contributed by atoms with Gasteiger partial charge < -0.3 is 15.2 Å². The molecule has 6 heteroatoms. The van der Waals surface area contributed by atoms with Crippen molar-refractivity contribution in [2.75, 3.05) is 19.8 Å². The molecule has 0 aliphatic carbocycles. The summed E-state index contributed by atoms with van der Waals surface area (Å²) in [5.41, 5.74) is 0.813. The van der Waals surface area contributed by atoms with Crippen molar-refractivity contribution >= 4 is 0 Å². The van der Waals surface area contributed by atoms with Gasteiger partial charge in [0.05, 0.1) is 6.54 Å². The summed E-state index contributed by atoms with van der Waals surface area (Å²) in [4.78, 5) is 0. The van der Waals surface area contributed by atoms with Crippen LogP contribution in [0.3, 0.4) is 0 Å². The number of ether oxygens (including phenoxy) is 1. The molecule has 1 aromatic carbocycles. The summed E-state index contributed by atoms with van der Waals surface area (Å²) in [5.74, 6) is -2.54. The van der Waals surface area contributed by atoms with E-state index in [2.05, 4.69) is 5.32 Å². The van der Waals surface area contributed by atoms with Crippen molar-refractivity contribution in [3.63, 3.8) is 0 Å². The van der Waals surface area contributed by atoms with E-state index >= 15 is 0 Å². The highest BCUT2D eigenvalue weighted by atomic mass is 19.3. The molecule has 0 aromatic heterocycles. The second-order valence-corrected chi connectivity index (χ2v) is 3.71. The Morgan fingerprint density at radius 3 is 2.56 bits per heavy atom. The van der Waals surface area contributed by atoms with Crippen molar-refractivity contribution in [1.29, 1.82) is 5.26 Å². The number of benzene rings is 1. The molecular formula is C12H14F2N2O2. The predicted octanol–water partition coefficient (Wildman–Crippen LogP) is 1.31. The molecule has 0 unspecified atom stereocenters. The third kappa shape index (κ3) is 5.08. The molecular weight excluding hydrogens is 242 g/mol. The van der Waals surface area contributed by atoms with E-state index in [9.17, 15) is 8.78 Å². The van der Waals surface area contributed by atoms with Crippen molar-refractivity contribution in [3.05, 3.63) is 29.8 Å². The van der Waals surface area contributed by atoms with Gasteiger partial charge in [-0.05, 0) is 17.7 Å². The molecule has 98 valence electrons. The van der Waals surface area contributed by atoms with E-state index in [-0.39, 0.29) is 13.2 Å². The zero-order valence-electron chi connectivity index (χ0n) is 9.70. The Balaban J connectivity index is 2.38. The summed E-state index contributed by atoms with van der Waals surface area (Å²) in [6.45, 7) is -1.49. The van der Waals surface area contributed by atoms with E-state index in [1.807, 2.05) is 6.07 Å². The summed E-state index contributed by atoms with van der Waals surface area (Å²) in [6, 6.07) is 8.62. The fraction of sp³-hybridized carbons (Fsp3) is 0.417. The Kier molecular flexibility index (Phi) is 5.49. The minimum Gasteiger partial charge on any atom is -0.479 e. The fourth-order valence-corrected chi connectivity index (χ4v) is 1.26. The van der Waals surface area contributed by atoms with E-state index in [0.717, 1.165) is 5.56 Å². The maximum atomic E-state index is 12.7. The van der Waals surface area contributed by atoms with Crippen LogP contribution in [0.25, 0.3) is 0 Å². The summed E-state index contributed by atoms with van der Waals surface area (Å²) >= 11 is 0. The molecule has 0 heterocycles. The molecule has 0 atom stereocenters. The molecule has 18 heavy (non-hydrogen) atoms. The first-order valence-corrected chi connectivity index (χ1v) is 5.35. The van der Waals surface area contributed by atoms with Crippen molar-refractivity contribution in [1.82, 2.24) is 5.32 Å². The average molecular weight is 256 g/mol. The first-order chi connectivity index (χ1) is 8.57. The van der Waals surface area contributed by atoms with Crippen LogP contribution < -0.4 is 10.1 Å². The summed E-state index contributed by atoms with van der Waals surface area (Å²) in [7, 11) is 0. The lowest BCUT2D eigenvalue weighted by Gasteiger charge is -2.14. The Bertz CT molecular complexity index is 402. The number of hydrogen-bond donors (Lipinski definition) is 2. The molecule has 1 aromatic rings. The maximum Gasteiger partial charge on any atom is 0.282 e. The Labute approximate surface area is 104 Å². The molecule has 0 spiro atoms. The lowest BCUT2D eigenvalue weighted by atomic mass is 10.2. The van der Waals surface area contributed by atoms with Crippen molar-refractivity contribution in [2.45, 2.75) is 12.5 Å². The zero-order chi connectivity index (χ0) is 13.4. The molecule has 0 bridgehead atoms. The number of rotatable bonds is 7. The smallest absolute Gasteiger partial charge is 0.282 e. The maximum absolute atomic E-state index is 12.7. The molecule has 4 nitrogen and oxygen atoms in total. The van der Waals surface area contributed by atoms with Gasteiger partial charge in [-0.25, -0.2) is 8.78 Å². The Morgan fingerprint density at radius 1 is 1.33 bits per heavy atom. The Morgan fingerprint density at radius 2 is 2.00 bits per heavy atom. The van der Waals surface area contributed by atoms with Gasteiger partial charge in [0.1, 0.15) is 18.4 Å². The average Bonchev–Trinajstić information content (AvgIpc) is 2.38. The van der Waals surface area contributed by atoms with Crippen LogP contribution in [0.15, 0.2) is 24.3 Å². The number of halogens is 2. The van der Waals surface area contributed by atoms with Crippen LogP contribution in [0.5, 0.6) is 5.75 Å². The molecule has 0 aliphatic heterocycles. The first-order valence-electron chi connectivity index (χ1n) is 5.35. The van der Waals surface area contributed by atoms with Gasteiger partial charge in [0.2, 0.25) is 0 Å². The highest BCUT2D eigenvalue weighted by molar-refractivity contribution is 5.27. The minimum absolute atomic E-state index is 0.0275. The van der Waals surface area contributed by atoms with Crippen molar-refractivity contribution in [3.8, 4) is 11.8 Å². The largest absolute Gasteiger partial charge is 0.479 e. The van der Waals surface area contributed by atoms with Gasteiger partial charge in [0.25, 0.3) is 5.92 Å². The topological polar surface area (TPSA) is 65.3 Å². The molecule has 0 saturated heterocycles. The van der Waals surface area contributed by atoms with Gasteiger partial charge >= 0.3 is 0 Å². The van der Waals surface area contributed by atoms with Gasteiger partial charge in [-0.2, -0.15) is 5.26 Å². The van der Waals surface area contributed by atoms with Crippen LogP contribution in [0.2, 0.25) is 0 Å². The molecule has 0 fully saturated rings. The van der Waals surface area contributed by atoms with Crippen LogP contribution in [0.4, 0.5) is 8.78 Å². The van der Waals surface area contributed by atoms with Crippen LogP contribution >= 0.6 is 0 Å². The van der Waals surface area contributed by atoms with Gasteiger partial charge in [0.15, 0.2) is 6.61 Å². The van der Waals surface area contributed by atoms with Crippen LogP contribution in [0.1, 0.15) is 5.56 Å². The van der Waals surface area contributed by atoms with E-state index in [1.54, 1.807) is 24.3 Å². The number of hydrogen-bond acceptors (Lipinski definition) is 4. The third-order valence-corrected chi connectivity index (χ3v) is 2.17. The van der Waals surface area contributed by atoms with Crippen LogP contribution in [-0.4, -0.2) is 30.8 Å². The number of alkyl halides is 2. The SMILES string of the molecule is N#CCOc1ccc(CNCC(F)(F)CO)cc1.